The molecule has 1 rings (SSSR count). The number of hydrogen-bond donors (Lipinski definition) is 1. The fraction of sp³-hybridized carbons (Fsp3) is 0.455. The molecule has 2 nitrogen and oxygen atoms in total. The first-order valence-corrected chi connectivity index (χ1v) is 4.83. The van der Waals surface area contributed by atoms with Gasteiger partial charge in [-0.1, -0.05) is 13.0 Å². The van der Waals surface area contributed by atoms with E-state index in [-0.39, 0.29) is 6.10 Å². The van der Waals surface area contributed by atoms with Crippen molar-refractivity contribution < 1.29 is 13.5 Å². The van der Waals surface area contributed by atoms with Crippen LogP contribution >= 0.6 is 0 Å². The maximum Gasteiger partial charge on any atom is 0.159 e. The lowest BCUT2D eigenvalue weighted by Crippen LogP contribution is -2.27. The first kappa shape index (κ1) is 12.1. The molecule has 0 aliphatic heterocycles. The van der Waals surface area contributed by atoms with Gasteiger partial charge in [0.05, 0.1) is 12.1 Å². The number of nitrogens with two attached hydrogens (primary N) is 1. The van der Waals surface area contributed by atoms with Gasteiger partial charge in [0.1, 0.15) is 0 Å². The number of ether oxygens (including phenoxy) is 1. The molecule has 0 amide bonds. The summed E-state index contributed by atoms with van der Waals surface area (Å²) in [7, 11) is 1.55. The number of hydrogen-bond acceptors (Lipinski definition) is 2. The van der Waals surface area contributed by atoms with Crippen LogP contribution in [0.5, 0.6) is 0 Å². The highest BCUT2D eigenvalue weighted by Gasteiger charge is 2.18. The molecule has 1 aromatic rings. The summed E-state index contributed by atoms with van der Waals surface area (Å²) in [4.78, 5) is 0. The lowest BCUT2D eigenvalue weighted by atomic mass is 10.0. The van der Waals surface area contributed by atoms with Crippen LogP contribution in [0.25, 0.3) is 0 Å². The summed E-state index contributed by atoms with van der Waals surface area (Å²) in [6, 6.07) is 3.23. The minimum Gasteiger partial charge on any atom is -0.379 e. The van der Waals surface area contributed by atoms with Crippen LogP contribution in [0.1, 0.15) is 24.9 Å². The number of methoxy groups -OCH3 is 1. The molecule has 2 unspecified atom stereocenters. The van der Waals surface area contributed by atoms with E-state index in [1.165, 1.54) is 6.07 Å². The van der Waals surface area contributed by atoms with Gasteiger partial charge in [-0.05, 0) is 24.1 Å². The number of rotatable bonds is 4. The number of halogens is 2. The highest BCUT2D eigenvalue weighted by atomic mass is 19.2. The normalized spacial score (nSPS) is 15.0. The summed E-state index contributed by atoms with van der Waals surface area (Å²) in [5, 5.41) is 0. The minimum atomic E-state index is -0.881. The molecule has 2 N–H and O–H groups in total. The molecule has 0 saturated carbocycles. The summed E-state index contributed by atoms with van der Waals surface area (Å²) >= 11 is 0. The van der Waals surface area contributed by atoms with E-state index in [2.05, 4.69) is 0 Å². The molecule has 0 bridgehead atoms. The molecule has 0 heterocycles. The Bertz CT molecular complexity index is 326. The Hall–Kier alpha value is -1.00. The van der Waals surface area contributed by atoms with Crippen molar-refractivity contribution in [3.8, 4) is 0 Å². The van der Waals surface area contributed by atoms with Crippen LogP contribution in [0.3, 0.4) is 0 Å². The molecule has 4 heteroatoms. The van der Waals surface area contributed by atoms with Crippen molar-refractivity contribution in [2.45, 2.75) is 25.5 Å². The third-order valence-corrected chi connectivity index (χ3v) is 2.43. The monoisotopic (exact) mass is 215 g/mol. The van der Waals surface area contributed by atoms with Gasteiger partial charge in [-0.2, -0.15) is 0 Å². The zero-order chi connectivity index (χ0) is 11.4. The van der Waals surface area contributed by atoms with E-state index in [1.807, 2.05) is 6.92 Å². The van der Waals surface area contributed by atoms with Crippen LogP contribution in [0.15, 0.2) is 18.2 Å². The minimum absolute atomic E-state index is 0.185. The molecular formula is C11H15F2NO. The second-order valence-electron chi connectivity index (χ2n) is 3.38. The van der Waals surface area contributed by atoms with Crippen molar-refractivity contribution in [1.82, 2.24) is 0 Å². The summed E-state index contributed by atoms with van der Waals surface area (Å²) in [5.41, 5.74) is 6.41. The lowest BCUT2D eigenvalue weighted by Gasteiger charge is -2.21. The third kappa shape index (κ3) is 2.73. The topological polar surface area (TPSA) is 35.2 Å². The van der Waals surface area contributed by atoms with Crippen LogP contribution in [-0.2, 0) is 4.74 Å². The van der Waals surface area contributed by atoms with Crippen LogP contribution in [0, 0.1) is 11.6 Å². The van der Waals surface area contributed by atoms with E-state index in [4.69, 9.17) is 10.5 Å². The van der Waals surface area contributed by atoms with E-state index in [1.54, 1.807) is 7.11 Å². The second-order valence-corrected chi connectivity index (χ2v) is 3.38. The van der Waals surface area contributed by atoms with Crippen LogP contribution in [0.2, 0.25) is 0 Å². The summed E-state index contributed by atoms with van der Waals surface area (Å²) in [6.07, 6.45) is 0.534. The van der Waals surface area contributed by atoms with Crippen LogP contribution in [0.4, 0.5) is 8.78 Å². The van der Waals surface area contributed by atoms with Gasteiger partial charge in [-0.15, -0.1) is 0 Å². The van der Waals surface area contributed by atoms with Crippen molar-refractivity contribution in [3.63, 3.8) is 0 Å². The zero-order valence-corrected chi connectivity index (χ0v) is 8.84. The highest BCUT2D eigenvalue weighted by Crippen LogP contribution is 2.20. The van der Waals surface area contributed by atoms with Gasteiger partial charge in [0.25, 0.3) is 0 Å². The predicted octanol–water partition coefficient (Wildman–Crippen LogP) is 2.39. The van der Waals surface area contributed by atoms with Crippen molar-refractivity contribution in [3.05, 3.63) is 35.4 Å². The standard InChI is InChI=1S/C11H15F2NO/c1-3-10(15-2)11(14)7-4-5-8(12)9(13)6-7/h4-6,10-11H,3,14H2,1-2H3. The zero-order valence-electron chi connectivity index (χ0n) is 8.84. The smallest absolute Gasteiger partial charge is 0.159 e. The van der Waals surface area contributed by atoms with E-state index < -0.39 is 17.7 Å². The van der Waals surface area contributed by atoms with Gasteiger partial charge < -0.3 is 10.5 Å². The Labute approximate surface area is 88.0 Å². The van der Waals surface area contributed by atoms with E-state index in [0.717, 1.165) is 18.6 Å². The Morgan fingerprint density at radius 2 is 2.00 bits per heavy atom. The maximum absolute atomic E-state index is 12.9. The Balaban J connectivity index is 2.90. The van der Waals surface area contributed by atoms with Crippen molar-refractivity contribution in [2.75, 3.05) is 7.11 Å². The largest absolute Gasteiger partial charge is 0.379 e. The van der Waals surface area contributed by atoms with E-state index in [0.29, 0.717) is 5.56 Å². The number of benzene rings is 1. The van der Waals surface area contributed by atoms with E-state index in [9.17, 15) is 8.78 Å². The molecule has 15 heavy (non-hydrogen) atoms. The molecule has 0 spiro atoms. The van der Waals surface area contributed by atoms with Crippen molar-refractivity contribution in [2.24, 2.45) is 5.73 Å². The van der Waals surface area contributed by atoms with Gasteiger partial charge in [0.15, 0.2) is 11.6 Å². The Morgan fingerprint density at radius 3 is 2.47 bits per heavy atom. The average molecular weight is 215 g/mol. The Kier molecular flexibility index (Phi) is 4.17. The van der Waals surface area contributed by atoms with Gasteiger partial charge in [-0.3, -0.25) is 0 Å². The molecule has 0 saturated heterocycles. The Morgan fingerprint density at radius 1 is 1.33 bits per heavy atom. The summed E-state index contributed by atoms with van der Waals surface area (Å²) < 4.78 is 30.8. The molecule has 2 atom stereocenters. The predicted molar refractivity (Wildman–Crippen MR) is 54.4 cm³/mol. The molecule has 0 fully saturated rings. The van der Waals surface area contributed by atoms with Crippen molar-refractivity contribution in [1.29, 1.82) is 0 Å². The third-order valence-electron chi connectivity index (χ3n) is 2.43. The molecule has 1 aromatic carbocycles. The van der Waals surface area contributed by atoms with Gasteiger partial charge in [0.2, 0.25) is 0 Å². The van der Waals surface area contributed by atoms with Crippen LogP contribution < -0.4 is 5.73 Å². The first-order chi connectivity index (χ1) is 7.10. The quantitative estimate of drug-likeness (QED) is 0.837. The summed E-state index contributed by atoms with van der Waals surface area (Å²) in [6.45, 7) is 1.92. The molecule has 0 aliphatic rings. The first-order valence-electron chi connectivity index (χ1n) is 4.83. The summed E-state index contributed by atoms with van der Waals surface area (Å²) in [5.74, 6) is -1.75. The van der Waals surface area contributed by atoms with Gasteiger partial charge >= 0.3 is 0 Å². The molecule has 0 aromatic heterocycles. The lowest BCUT2D eigenvalue weighted by molar-refractivity contribution is 0.0771. The fourth-order valence-electron chi connectivity index (χ4n) is 1.50. The molecule has 84 valence electrons. The SMILES string of the molecule is CCC(OC)C(N)c1ccc(F)c(F)c1. The van der Waals surface area contributed by atoms with Gasteiger partial charge in [-0.25, -0.2) is 8.78 Å². The highest BCUT2D eigenvalue weighted by molar-refractivity contribution is 5.21. The molecule has 0 aliphatic carbocycles. The second kappa shape index (κ2) is 5.19. The molecule has 0 radical (unpaired) electrons. The van der Waals surface area contributed by atoms with Gasteiger partial charge in [0, 0.05) is 7.11 Å². The van der Waals surface area contributed by atoms with Crippen molar-refractivity contribution >= 4 is 0 Å². The maximum atomic E-state index is 12.9. The average Bonchev–Trinajstić information content (AvgIpc) is 2.23. The fourth-order valence-corrected chi connectivity index (χ4v) is 1.50. The molecular weight excluding hydrogens is 200 g/mol. The van der Waals surface area contributed by atoms with E-state index >= 15 is 0 Å². The van der Waals surface area contributed by atoms with Crippen LogP contribution in [-0.4, -0.2) is 13.2 Å².